The topological polar surface area (TPSA) is 47.6 Å². The van der Waals surface area contributed by atoms with Crippen molar-refractivity contribution in [2.24, 2.45) is 0 Å². The highest BCUT2D eigenvalue weighted by molar-refractivity contribution is 5.75. The molecule has 0 aliphatic rings. The molecule has 4 heteroatoms. The molecule has 0 aliphatic carbocycles. The van der Waals surface area contributed by atoms with Crippen molar-refractivity contribution in [2.45, 2.75) is 52.8 Å². The van der Waals surface area contributed by atoms with Gasteiger partial charge in [-0.3, -0.25) is 4.79 Å². The fraction of sp³-hybridized carbons (Fsp3) is 0.588. The Morgan fingerprint density at radius 2 is 1.86 bits per heavy atom. The summed E-state index contributed by atoms with van der Waals surface area (Å²) in [5.41, 5.74) is 2.32. The molecule has 1 aromatic rings. The van der Waals surface area contributed by atoms with E-state index in [-0.39, 0.29) is 12.0 Å². The number of carbonyl (C=O) groups is 1. The van der Waals surface area contributed by atoms with Crippen LogP contribution < -0.4 is 5.32 Å². The molecule has 1 N–H and O–H groups in total. The highest BCUT2D eigenvalue weighted by Crippen LogP contribution is 2.11. The van der Waals surface area contributed by atoms with E-state index in [4.69, 9.17) is 9.47 Å². The molecule has 118 valence electrons. The van der Waals surface area contributed by atoms with Crippen LogP contribution in [-0.2, 0) is 27.4 Å². The molecule has 1 atom stereocenters. The number of benzene rings is 1. The molecule has 4 nitrogen and oxygen atoms in total. The first-order valence-corrected chi connectivity index (χ1v) is 7.77. The Morgan fingerprint density at radius 1 is 1.14 bits per heavy atom. The van der Waals surface area contributed by atoms with Gasteiger partial charge in [0.2, 0.25) is 0 Å². The van der Waals surface area contributed by atoms with E-state index in [9.17, 15) is 4.79 Å². The van der Waals surface area contributed by atoms with Gasteiger partial charge in [-0.05, 0) is 31.4 Å². The molecule has 0 aliphatic heterocycles. The van der Waals surface area contributed by atoms with Gasteiger partial charge in [0.05, 0.1) is 13.2 Å². The molecule has 1 aromatic carbocycles. The maximum Gasteiger partial charge on any atom is 0.323 e. The highest BCUT2D eigenvalue weighted by Gasteiger charge is 2.18. The van der Waals surface area contributed by atoms with Crippen LogP contribution in [0.5, 0.6) is 0 Å². The molecule has 0 heterocycles. The number of rotatable bonds is 10. The zero-order chi connectivity index (χ0) is 15.5. The van der Waals surface area contributed by atoms with Crippen molar-refractivity contribution in [1.29, 1.82) is 0 Å². The van der Waals surface area contributed by atoms with Crippen molar-refractivity contribution in [3.63, 3.8) is 0 Å². The van der Waals surface area contributed by atoms with Gasteiger partial charge in [-0.2, -0.15) is 0 Å². The average molecular weight is 293 g/mol. The van der Waals surface area contributed by atoms with Crippen LogP contribution in [0.3, 0.4) is 0 Å². The minimum absolute atomic E-state index is 0.165. The zero-order valence-corrected chi connectivity index (χ0v) is 13.4. The lowest BCUT2D eigenvalue weighted by atomic mass is 10.1. The van der Waals surface area contributed by atoms with Crippen molar-refractivity contribution >= 4 is 5.97 Å². The van der Waals surface area contributed by atoms with Gasteiger partial charge in [0, 0.05) is 13.2 Å². The van der Waals surface area contributed by atoms with E-state index in [1.807, 2.05) is 26.0 Å². The predicted molar refractivity (Wildman–Crippen MR) is 83.9 cm³/mol. The quantitative estimate of drug-likeness (QED) is 0.674. The molecule has 0 bridgehead atoms. The van der Waals surface area contributed by atoms with Crippen molar-refractivity contribution in [3.05, 3.63) is 35.4 Å². The third-order valence-electron chi connectivity index (χ3n) is 3.27. The number of hydrogen-bond donors (Lipinski definition) is 1. The summed E-state index contributed by atoms with van der Waals surface area (Å²) in [5, 5.41) is 3.31. The van der Waals surface area contributed by atoms with Gasteiger partial charge >= 0.3 is 5.97 Å². The summed E-state index contributed by atoms with van der Waals surface area (Å²) in [6.45, 7) is 8.25. The summed E-state index contributed by atoms with van der Waals surface area (Å²) in [5.74, 6) is -0.165. The molecule has 1 rings (SSSR count). The Labute approximate surface area is 127 Å². The number of esters is 1. The lowest BCUT2D eigenvalue weighted by Gasteiger charge is -2.18. The maximum absolute atomic E-state index is 11.9. The molecule has 0 saturated carbocycles. The summed E-state index contributed by atoms with van der Waals surface area (Å²) in [6, 6.07) is 7.90. The molecule has 0 fully saturated rings. The molecule has 0 amide bonds. The first kappa shape index (κ1) is 17.7. The molecule has 0 saturated heterocycles. The second-order valence-corrected chi connectivity index (χ2v) is 4.88. The van der Waals surface area contributed by atoms with Crippen molar-refractivity contribution < 1.29 is 14.3 Å². The molecule has 0 spiro atoms. The third kappa shape index (κ3) is 6.27. The van der Waals surface area contributed by atoms with Gasteiger partial charge in [-0.1, -0.05) is 37.6 Å². The standard InChI is InChI=1S/C17H27NO3/c1-4-9-16(17(19)21-6-3)18-12-14-10-7-8-11-15(14)13-20-5-2/h7-8,10-11,16,18H,4-6,9,12-13H2,1-3H3. The van der Waals surface area contributed by atoms with Crippen LogP contribution in [0, 0.1) is 0 Å². The van der Waals surface area contributed by atoms with E-state index < -0.39 is 0 Å². The van der Waals surface area contributed by atoms with Gasteiger partial charge in [-0.15, -0.1) is 0 Å². The SMILES string of the molecule is CCCC(NCc1ccccc1COCC)C(=O)OCC. The predicted octanol–water partition coefficient (Wildman–Crippen LogP) is 3.04. The fourth-order valence-electron chi connectivity index (χ4n) is 2.15. The van der Waals surface area contributed by atoms with Crippen LogP contribution in [0.2, 0.25) is 0 Å². The van der Waals surface area contributed by atoms with E-state index >= 15 is 0 Å². The lowest BCUT2D eigenvalue weighted by molar-refractivity contribution is -0.145. The summed E-state index contributed by atoms with van der Waals surface area (Å²) in [4.78, 5) is 11.9. The average Bonchev–Trinajstić information content (AvgIpc) is 2.50. The van der Waals surface area contributed by atoms with Crippen LogP contribution in [0.25, 0.3) is 0 Å². The van der Waals surface area contributed by atoms with E-state index in [1.54, 1.807) is 0 Å². The monoisotopic (exact) mass is 293 g/mol. The second kappa shape index (κ2) is 10.4. The third-order valence-corrected chi connectivity index (χ3v) is 3.27. The normalized spacial score (nSPS) is 12.1. The van der Waals surface area contributed by atoms with Crippen LogP contribution in [0.4, 0.5) is 0 Å². The Hall–Kier alpha value is -1.39. The van der Waals surface area contributed by atoms with Crippen molar-refractivity contribution in [2.75, 3.05) is 13.2 Å². The van der Waals surface area contributed by atoms with E-state index in [0.717, 1.165) is 24.0 Å². The minimum atomic E-state index is -0.241. The highest BCUT2D eigenvalue weighted by atomic mass is 16.5. The largest absolute Gasteiger partial charge is 0.465 e. The Kier molecular flexibility index (Phi) is 8.71. The van der Waals surface area contributed by atoms with Crippen LogP contribution >= 0.6 is 0 Å². The maximum atomic E-state index is 11.9. The van der Waals surface area contributed by atoms with Crippen LogP contribution in [-0.4, -0.2) is 25.2 Å². The lowest BCUT2D eigenvalue weighted by Crippen LogP contribution is -2.37. The van der Waals surface area contributed by atoms with Crippen molar-refractivity contribution in [1.82, 2.24) is 5.32 Å². The van der Waals surface area contributed by atoms with Crippen LogP contribution in [0.15, 0.2) is 24.3 Å². The Balaban J connectivity index is 2.64. The molecule has 0 aromatic heterocycles. The van der Waals surface area contributed by atoms with Crippen LogP contribution in [0.1, 0.15) is 44.7 Å². The Bertz CT molecular complexity index is 420. The van der Waals surface area contributed by atoms with E-state index in [2.05, 4.69) is 24.4 Å². The fourth-order valence-corrected chi connectivity index (χ4v) is 2.15. The smallest absolute Gasteiger partial charge is 0.323 e. The molecule has 1 unspecified atom stereocenters. The van der Waals surface area contributed by atoms with Gasteiger partial charge in [0.1, 0.15) is 6.04 Å². The summed E-state index contributed by atoms with van der Waals surface area (Å²) in [6.07, 6.45) is 1.73. The minimum Gasteiger partial charge on any atom is -0.465 e. The van der Waals surface area contributed by atoms with Gasteiger partial charge in [-0.25, -0.2) is 0 Å². The molecular weight excluding hydrogens is 266 g/mol. The van der Waals surface area contributed by atoms with E-state index in [0.29, 0.717) is 26.4 Å². The van der Waals surface area contributed by atoms with Gasteiger partial charge in [0.25, 0.3) is 0 Å². The molecule has 21 heavy (non-hydrogen) atoms. The number of ether oxygens (including phenoxy) is 2. The van der Waals surface area contributed by atoms with Crippen molar-refractivity contribution in [3.8, 4) is 0 Å². The number of hydrogen-bond acceptors (Lipinski definition) is 4. The Morgan fingerprint density at radius 3 is 2.48 bits per heavy atom. The van der Waals surface area contributed by atoms with Gasteiger partial charge in [0.15, 0.2) is 0 Å². The van der Waals surface area contributed by atoms with E-state index in [1.165, 1.54) is 0 Å². The molecule has 0 radical (unpaired) electrons. The molecular formula is C17H27NO3. The van der Waals surface area contributed by atoms with Gasteiger partial charge < -0.3 is 14.8 Å². The second-order valence-electron chi connectivity index (χ2n) is 4.88. The zero-order valence-electron chi connectivity index (χ0n) is 13.4. The first-order chi connectivity index (χ1) is 10.2. The summed E-state index contributed by atoms with van der Waals surface area (Å²) < 4.78 is 10.6. The number of carbonyl (C=O) groups excluding carboxylic acids is 1. The number of nitrogens with one attached hydrogen (secondary N) is 1. The summed E-state index contributed by atoms with van der Waals surface area (Å²) >= 11 is 0. The first-order valence-electron chi connectivity index (χ1n) is 7.77. The summed E-state index contributed by atoms with van der Waals surface area (Å²) in [7, 11) is 0.